The predicted octanol–water partition coefficient (Wildman–Crippen LogP) is 4.98. The van der Waals surface area contributed by atoms with Crippen LogP contribution in [0.5, 0.6) is 0 Å². The quantitative estimate of drug-likeness (QED) is 0.664. The summed E-state index contributed by atoms with van der Waals surface area (Å²) < 4.78 is 5.49. The first-order valence-electron chi connectivity index (χ1n) is 9.19. The molecule has 1 saturated heterocycles. The highest BCUT2D eigenvalue weighted by Gasteiger charge is 2.20. The summed E-state index contributed by atoms with van der Waals surface area (Å²) in [5, 5.41) is 11.6. The van der Waals surface area contributed by atoms with E-state index in [1.165, 1.54) is 24.1 Å². The second kappa shape index (κ2) is 8.57. The number of nitrogens with zero attached hydrogens (tertiary/aromatic N) is 1. The minimum Gasteiger partial charge on any atom is -0.424 e. The maximum absolute atomic E-state index is 12.3. The normalized spacial score (nSPS) is 16.2. The molecule has 1 aromatic carbocycles. The zero-order valence-corrected chi connectivity index (χ0v) is 16.9. The maximum atomic E-state index is 12.3. The fourth-order valence-electron chi connectivity index (χ4n) is 3.70. The minimum absolute atomic E-state index is 0. The fraction of sp³-hybridized carbons (Fsp3) is 0.381. The number of piperidine rings is 1. The molecule has 0 aliphatic carbocycles. The molecule has 0 spiro atoms. The van der Waals surface area contributed by atoms with Crippen LogP contribution >= 0.6 is 23.7 Å². The number of halogens is 1. The van der Waals surface area contributed by atoms with E-state index < -0.39 is 11.7 Å². The van der Waals surface area contributed by atoms with Crippen molar-refractivity contribution in [3.63, 3.8) is 0 Å². The summed E-state index contributed by atoms with van der Waals surface area (Å²) in [6, 6.07) is 11.7. The van der Waals surface area contributed by atoms with Crippen LogP contribution in [0, 0.1) is 0 Å². The van der Waals surface area contributed by atoms with Gasteiger partial charge in [-0.15, -0.1) is 23.7 Å². The first-order valence-corrected chi connectivity index (χ1v) is 10.0. The number of thiophene rings is 1. The van der Waals surface area contributed by atoms with Crippen LogP contribution in [0.4, 0.5) is 0 Å². The van der Waals surface area contributed by atoms with E-state index in [-0.39, 0.29) is 12.4 Å². The molecule has 1 fully saturated rings. The van der Waals surface area contributed by atoms with Crippen molar-refractivity contribution in [2.45, 2.75) is 38.8 Å². The van der Waals surface area contributed by atoms with E-state index in [4.69, 9.17) is 4.42 Å². The molecular formula is C21H24ClNO3S. The third-order valence-corrected chi connectivity index (χ3v) is 6.07. The predicted molar refractivity (Wildman–Crippen MR) is 113 cm³/mol. The standard InChI is InChI=1S/C21H23NO3S.ClH/c1-14(23)20-19(16-7-3-4-8-17(16)21(24)25-20)18-10-9-15(26-18)13-22-11-5-2-6-12-22;/h3-4,7-10,14,23H,2,5-6,11-13H2,1H3;1H. The van der Waals surface area contributed by atoms with Crippen molar-refractivity contribution in [3.05, 3.63) is 57.5 Å². The van der Waals surface area contributed by atoms with Gasteiger partial charge in [0.25, 0.3) is 0 Å². The highest BCUT2D eigenvalue weighted by atomic mass is 35.5. The highest BCUT2D eigenvalue weighted by Crippen LogP contribution is 2.38. The van der Waals surface area contributed by atoms with Crippen LogP contribution in [0.15, 0.2) is 45.6 Å². The van der Waals surface area contributed by atoms with Gasteiger partial charge in [0.1, 0.15) is 11.9 Å². The lowest BCUT2D eigenvalue weighted by Crippen LogP contribution is -2.28. The van der Waals surface area contributed by atoms with Crippen LogP contribution in [0.25, 0.3) is 21.2 Å². The zero-order chi connectivity index (χ0) is 18.1. The Morgan fingerprint density at radius 3 is 2.52 bits per heavy atom. The Hall–Kier alpha value is -1.66. The minimum atomic E-state index is -0.838. The van der Waals surface area contributed by atoms with Crippen LogP contribution in [0.3, 0.4) is 0 Å². The fourth-order valence-corrected chi connectivity index (χ4v) is 4.82. The maximum Gasteiger partial charge on any atom is 0.343 e. The van der Waals surface area contributed by atoms with Crippen molar-refractivity contribution in [2.75, 3.05) is 13.1 Å². The van der Waals surface area contributed by atoms with Gasteiger partial charge in [0.05, 0.1) is 5.39 Å². The molecular weight excluding hydrogens is 382 g/mol. The van der Waals surface area contributed by atoms with E-state index in [0.717, 1.165) is 35.5 Å². The molecule has 0 bridgehead atoms. The average Bonchev–Trinajstić information content (AvgIpc) is 3.10. The largest absolute Gasteiger partial charge is 0.424 e. The molecule has 6 heteroatoms. The second-order valence-corrected chi connectivity index (χ2v) is 8.12. The Morgan fingerprint density at radius 1 is 1.11 bits per heavy atom. The summed E-state index contributed by atoms with van der Waals surface area (Å²) in [7, 11) is 0. The second-order valence-electron chi connectivity index (χ2n) is 6.95. The lowest BCUT2D eigenvalue weighted by Gasteiger charge is -2.25. The topological polar surface area (TPSA) is 53.7 Å². The highest BCUT2D eigenvalue weighted by molar-refractivity contribution is 7.15. The van der Waals surface area contributed by atoms with Crippen molar-refractivity contribution in [2.24, 2.45) is 0 Å². The van der Waals surface area contributed by atoms with Crippen molar-refractivity contribution >= 4 is 34.5 Å². The number of fused-ring (bicyclic) bond motifs is 1. The van der Waals surface area contributed by atoms with E-state index >= 15 is 0 Å². The summed E-state index contributed by atoms with van der Waals surface area (Å²) in [5.74, 6) is 0.347. The van der Waals surface area contributed by atoms with Crippen LogP contribution in [-0.4, -0.2) is 23.1 Å². The number of benzene rings is 1. The summed E-state index contributed by atoms with van der Waals surface area (Å²) in [6.45, 7) is 4.92. The Balaban J connectivity index is 0.00000210. The Bertz CT molecular complexity index is 973. The molecule has 4 rings (SSSR count). The first kappa shape index (κ1) is 20.1. The van der Waals surface area contributed by atoms with Crippen LogP contribution in [-0.2, 0) is 6.54 Å². The molecule has 3 heterocycles. The van der Waals surface area contributed by atoms with Gasteiger partial charge < -0.3 is 9.52 Å². The molecule has 1 N–H and O–H groups in total. The first-order chi connectivity index (χ1) is 12.6. The Morgan fingerprint density at radius 2 is 1.81 bits per heavy atom. The van der Waals surface area contributed by atoms with Crippen molar-refractivity contribution in [3.8, 4) is 10.4 Å². The number of hydrogen-bond acceptors (Lipinski definition) is 5. The molecule has 3 aromatic rings. The van der Waals surface area contributed by atoms with Crippen molar-refractivity contribution < 1.29 is 9.52 Å². The van der Waals surface area contributed by atoms with E-state index in [1.54, 1.807) is 24.3 Å². The van der Waals surface area contributed by atoms with Gasteiger partial charge in [-0.25, -0.2) is 4.79 Å². The number of likely N-dealkylation sites (tertiary alicyclic amines) is 1. The van der Waals surface area contributed by atoms with Crippen LogP contribution in [0.2, 0.25) is 0 Å². The molecule has 1 aliphatic heterocycles. The number of aliphatic hydroxyl groups is 1. The van der Waals surface area contributed by atoms with Gasteiger partial charge in [-0.3, -0.25) is 4.90 Å². The number of aliphatic hydroxyl groups excluding tert-OH is 1. The third-order valence-electron chi connectivity index (χ3n) is 4.98. The van der Waals surface area contributed by atoms with Gasteiger partial charge >= 0.3 is 5.63 Å². The molecule has 4 nitrogen and oxygen atoms in total. The molecule has 27 heavy (non-hydrogen) atoms. The molecule has 0 amide bonds. The molecule has 0 saturated carbocycles. The van der Waals surface area contributed by atoms with E-state index in [9.17, 15) is 9.90 Å². The average molecular weight is 406 g/mol. The number of rotatable bonds is 4. The molecule has 144 valence electrons. The molecule has 2 aromatic heterocycles. The molecule has 1 unspecified atom stereocenters. The summed E-state index contributed by atoms with van der Waals surface area (Å²) >= 11 is 1.72. The van der Waals surface area contributed by atoms with Gasteiger partial charge in [0, 0.05) is 27.2 Å². The third kappa shape index (κ3) is 4.11. The molecule has 0 radical (unpaired) electrons. The summed E-state index contributed by atoms with van der Waals surface area (Å²) in [5.41, 5.74) is 0.440. The summed E-state index contributed by atoms with van der Waals surface area (Å²) in [6.07, 6.45) is 3.05. The lowest BCUT2D eigenvalue weighted by atomic mass is 10.0. The van der Waals surface area contributed by atoms with E-state index in [0.29, 0.717) is 11.1 Å². The van der Waals surface area contributed by atoms with Gasteiger partial charge in [-0.1, -0.05) is 24.6 Å². The Labute approximate surface area is 168 Å². The van der Waals surface area contributed by atoms with Crippen molar-refractivity contribution in [1.29, 1.82) is 0 Å². The van der Waals surface area contributed by atoms with Gasteiger partial charge in [0.15, 0.2) is 0 Å². The van der Waals surface area contributed by atoms with E-state index in [2.05, 4.69) is 17.0 Å². The molecule has 1 atom stereocenters. The lowest BCUT2D eigenvalue weighted by molar-refractivity contribution is 0.166. The van der Waals surface area contributed by atoms with Crippen molar-refractivity contribution in [1.82, 2.24) is 4.90 Å². The number of hydrogen-bond donors (Lipinski definition) is 1. The Kier molecular flexibility index (Phi) is 6.37. The molecule has 1 aliphatic rings. The van der Waals surface area contributed by atoms with Gasteiger partial charge in [-0.2, -0.15) is 0 Å². The smallest absolute Gasteiger partial charge is 0.343 e. The summed E-state index contributed by atoms with van der Waals surface area (Å²) in [4.78, 5) is 17.1. The van der Waals surface area contributed by atoms with Gasteiger partial charge in [0.2, 0.25) is 0 Å². The van der Waals surface area contributed by atoms with Crippen LogP contribution < -0.4 is 5.63 Å². The monoisotopic (exact) mass is 405 g/mol. The zero-order valence-electron chi connectivity index (χ0n) is 15.3. The van der Waals surface area contributed by atoms with Gasteiger partial charge in [-0.05, 0) is 51.1 Å². The SMILES string of the molecule is CC(O)c1oc(=O)c2ccccc2c1-c1ccc(CN2CCCCC2)s1.Cl. The van der Waals surface area contributed by atoms with E-state index in [1.807, 2.05) is 18.2 Å². The van der Waals surface area contributed by atoms with Crippen LogP contribution in [0.1, 0.15) is 42.9 Å².